The molecule has 0 radical (unpaired) electrons. The third-order valence-corrected chi connectivity index (χ3v) is 5.64. The fourth-order valence-electron chi connectivity index (χ4n) is 3.28. The molecule has 0 unspecified atom stereocenters. The second-order valence-corrected chi connectivity index (χ2v) is 7.90. The molecule has 1 aliphatic rings. The number of anilines is 1. The molecule has 1 fully saturated rings. The van der Waals surface area contributed by atoms with Gasteiger partial charge >= 0.3 is 0 Å². The fourth-order valence-corrected chi connectivity index (χ4v) is 4.28. The SMILES string of the molecule is CCOc1ccc(/C=C2\SC(=Nc3ccccc3)N(c3ccccc3)C2=O)cc1OCC. The van der Waals surface area contributed by atoms with Gasteiger partial charge in [-0.25, -0.2) is 4.99 Å². The number of amidine groups is 1. The molecule has 1 saturated heterocycles. The minimum atomic E-state index is -0.109. The van der Waals surface area contributed by atoms with Crippen LogP contribution in [0, 0.1) is 0 Å². The Morgan fingerprint density at radius 3 is 2.22 bits per heavy atom. The van der Waals surface area contributed by atoms with E-state index in [1.165, 1.54) is 11.8 Å². The van der Waals surface area contributed by atoms with Gasteiger partial charge in [0.25, 0.3) is 5.91 Å². The van der Waals surface area contributed by atoms with Crippen LogP contribution in [0.15, 0.2) is 88.8 Å². The van der Waals surface area contributed by atoms with Crippen molar-refractivity contribution >= 4 is 40.3 Å². The van der Waals surface area contributed by atoms with Gasteiger partial charge in [-0.3, -0.25) is 9.69 Å². The zero-order chi connectivity index (χ0) is 22.3. The minimum absolute atomic E-state index is 0.109. The molecule has 0 spiro atoms. The van der Waals surface area contributed by atoms with Gasteiger partial charge < -0.3 is 9.47 Å². The van der Waals surface area contributed by atoms with E-state index in [1.54, 1.807) is 4.90 Å². The first-order valence-corrected chi connectivity index (χ1v) is 11.3. The molecule has 0 N–H and O–H groups in total. The second kappa shape index (κ2) is 10.2. The van der Waals surface area contributed by atoms with E-state index in [1.807, 2.05) is 98.8 Å². The number of hydrogen-bond donors (Lipinski definition) is 0. The van der Waals surface area contributed by atoms with Gasteiger partial charge in [0.2, 0.25) is 0 Å². The molecule has 162 valence electrons. The minimum Gasteiger partial charge on any atom is -0.490 e. The number of carbonyl (C=O) groups is 1. The highest BCUT2D eigenvalue weighted by Gasteiger charge is 2.34. The maximum absolute atomic E-state index is 13.4. The highest BCUT2D eigenvalue weighted by Crippen LogP contribution is 2.38. The zero-order valence-corrected chi connectivity index (χ0v) is 18.8. The molecule has 3 aromatic carbocycles. The van der Waals surface area contributed by atoms with Crippen LogP contribution in [-0.2, 0) is 4.79 Å². The maximum Gasteiger partial charge on any atom is 0.271 e. The molecule has 0 saturated carbocycles. The molecule has 1 amide bonds. The highest BCUT2D eigenvalue weighted by atomic mass is 32.2. The first kappa shape index (κ1) is 21.7. The van der Waals surface area contributed by atoms with Crippen molar-refractivity contribution in [1.82, 2.24) is 0 Å². The summed E-state index contributed by atoms with van der Waals surface area (Å²) in [6.07, 6.45) is 1.87. The van der Waals surface area contributed by atoms with Crippen LogP contribution in [0.2, 0.25) is 0 Å². The molecule has 32 heavy (non-hydrogen) atoms. The lowest BCUT2D eigenvalue weighted by atomic mass is 10.1. The number of rotatable bonds is 7. The highest BCUT2D eigenvalue weighted by molar-refractivity contribution is 8.19. The van der Waals surface area contributed by atoms with Crippen LogP contribution < -0.4 is 14.4 Å². The Kier molecular flexibility index (Phi) is 6.92. The summed E-state index contributed by atoms with van der Waals surface area (Å²) in [7, 11) is 0. The van der Waals surface area contributed by atoms with Crippen molar-refractivity contribution in [3.05, 3.63) is 89.3 Å². The lowest BCUT2D eigenvalue weighted by Gasteiger charge is -2.15. The van der Waals surface area contributed by atoms with Crippen LogP contribution in [-0.4, -0.2) is 24.3 Å². The number of thioether (sulfide) groups is 1. The molecule has 3 aromatic rings. The predicted octanol–water partition coefficient (Wildman–Crippen LogP) is 6.29. The van der Waals surface area contributed by atoms with E-state index in [9.17, 15) is 4.79 Å². The predicted molar refractivity (Wildman–Crippen MR) is 132 cm³/mol. The van der Waals surface area contributed by atoms with Crippen LogP contribution in [0.5, 0.6) is 11.5 Å². The first-order chi connectivity index (χ1) is 15.7. The second-order valence-electron chi connectivity index (χ2n) is 6.89. The number of aliphatic imine (C=N–C) groups is 1. The summed E-state index contributed by atoms with van der Waals surface area (Å²) in [6, 6.07) is 24.9. The van der Waals surface area contributed by atoms with Gasteiger partial charge in [-0.2, -0.15) is 0 Å². The summed E-state index contributed by atoms with van der Waals surface area (Å²) in [4.78, 5) is 20.4. The van der Waals surface area contributed by atoms with Crippen LogP contribution in [0.3, 0.4) is 0 Å². The van der Waals surface area contributed by atoms with Crippen LogP contribution in [0.1, 0.15) is 19.4 Å². The van der Waals surface area contributed by atoms with Gasteiger partial charge in [0.1, 0.15) is 0 Å². The molecule has 0 bridgehead atoms. The topological polar surface area (TPSA) is 51.1 Å². The smallest absolute Gasteiger partial charge is 0.271 e. The average molecular weight is 445 g/mol. The molecule has 1 heterocycles. The number of para-hydroxylation sites is 2. The van der Waals surface area contributed by atoms with Gasteiger partial charge in [-0.05, 0) is 73.6 Å². The zero-order valence-electron chi connectivity index (χ0n) is 18.0. The van der Waals surface area contributed by atoms with Crippen molar-refractivity contribution in [2.45, 2.75) is 13.8 Å². The average Bonchev–Trinajstić information content (AvgIpc) is 3.11. The Labute approximate surface area is 192 Å². The van der Waals surface area contributed by atoms with Crippen LogP contribution in [0.4, 0.5) is 11.4 Å². The maximum atomic E-state index is 13.4. The number of hydrogen-bond acceptors (Lipinski definition) is 5. The lowest BCUT2D eigenvalue weighted by molar-refractivity contribution is -0.113. The molecule has 4 rings (SSSR count). The van der Waals surface area contributed by atoms with Crippen molar-refractivity contribution in [3.8, 4) is 11.5 Å². The Morgan fingerprint density at radius 2 is 1.53 bits per heavy atom. The normalized spacial score (nSPS) is 16.1. The Bertz CT molecular complexity index is 1140. The largest absolute Gasteiger partial charge is 0.490 e. The lowest BCUT2D eigenvalue weighted by Crippen LogP contribution is -2.28. The molecular weight excluding hydrogens is 420 g/mol. The van der Waals surface area contributed by atoms with Gasteiger partial charge in [0.05, 0.1) is 29.5 Å². The van der Waals surface area contributed by atoms with E-state index in [4.69, 9.17) is 14.5 Å². The van der Waals surface area contributed by atoms with Crippen molar-refractivity contribution in [2.24, 2.45) is 4.99 Å². The van der Waals surface area contributed by atoms with Crippen molar-refractivity contribution in [2.75, 3.05) is 18.1 Å². The first-order valence-electron chi connectivity index (χ1n) is 10.5. The van der Waals surface area contributed by atoms with E-state index in [0.717, 1.165) is 16.9 Å². The summed E-state index contributed by atoms with van der Waals surface area (Å²) in [5.41, 5.74) is 2.44. The quantitative estimate of drug-likeness (QED) is 0.402. The van der Waals surface area contributed by atoms with Crippen LogP contribution in [0.25, 0.3) is 6.08 Å². The Morgan fingerprint density at radius 1 is 0.875 bits per heavy atom. The van der Waals surface area contributed by atoms with E-state index < -0.39 is 0 Å². The van der Waals surface area contributed by atoms with Gasteiger partial charge in [-0.15, -0.1) is 0 Å². The number of ether oxygens (including phenoxy) is 2. The van der Waals surface area contributed by atoms with Crippen molar-refractivity contribution < 1.29 is 14.3 Å². The van der Waals surface area contributed by atoms with E-state index in [0.29, 0.717) is 34.8 Å². The molecule has 6 heteroatoms. The van der Waals surface area contributed by atoms with E-state index in [2.05, 4.69) is 0 Å². The number of nitrogens with zero attached hydrogens (tertiary/aromatic N) is 2. The summed E-state index contributed by atoms with van der Waals surface area (Å²) in [6.45, 7) is 4.95. The van der Waals surface area contributed by atoms with Gasteiger partial charge in [-0.1, -0.05) is 42.5 Å². The number of benzene rings is 3. The summed E-state index contributed by atoms with van der Waals surface area (Å²) in [5.74, 6) is 1.25. The van der Waals surface area contributed by atoms with Crippen molar-refractivity contribution in [3.63, 3.8) is 0 Å². The van der Waals surface area contributed by atoms with E-state index in [-0.39, 0.29) is 5.91 Å². The monoisotopic (exact) mass is 444 g/mol. The van der Waals surface area contributed by atoms with Gasteiger partial charge in [0, 0.05) is 0 Å². The van der Waals surface area contributed by atoms with Crippen LogP contribution >= 0.6 is 11.8 Å². The van der Waals surface area contributed by atoms with Gasteiger partial charge in [0.15, 0.2) is 16.7 Å². The third-order valence-electron chi connectivity index (χ3n) is 4.67. The summed E-state index contributed by atoms with van der Waals surface area (Å²) >= 11 is 1.36. The fraction of sp³-hybridized carbons (Fsp3) is 0.154. The molecule has 0 aromatic heterocycles. The standard InChI is InChI=1S/C26H24N2O3S/c1-3-30-22-16-15-19(17-23(22)31-4-2)18-24-25(29)28(21-13-9-6-10-14-21)26(32-24)27-20-11-7-5-8-12-20/h5-18H,3-4H2,1-2H3/b24-18-,27-26?. The van der Waals surface area contributed by atoms with E-state index >= 15 is 0 Å². The molecular formula is C26H24N2O3S. The Hall–Kier alpha value is -3.51. The Balaban J connectivity index is 1.72. The number of amides is 1. The summed E-state index contributed by atoms with van der Waals surface area (Å²) < 4.78 is 11.4. The van der Waals surface area contributed by atoms with Crippen molar-refractivity contribution in [1.29, 1.82) is 0 Å². The molecule has 1 aliphatic heterocycles. The molecule has 5 nitrogen and oxygen atoms in total. The summed E-state index contributed by atoms with van der Waals surface area (Å²) in [5, 5.41) is 0.620. The number of carbonyl (C=O) groups excluding carboxylic acids is 1. The molecule has 0 aliphatic carbocycles. The third kappa shape index (κ3) is 4.86. The molecule has 0 atom stereocenters.